The van der Waals surface area contributed by atoms with Crippen LogP contribution in [0.15, 0.2) is 24.3 Å². The van der Waals surface area contributed by atoms with Gasteiger partial charge < -0.3 is 24.2 Å². The van der Waals surface area contributed by atoms with Gasteiger partial charge in [-0.2, -0.15) is 0 Å². The lowest BCUT2D eigenvalue weighted by molar-refractivity contribution is -0.188. The van der Waals surface area contributed by atoms with Crippen molar-refractivity contribution >= 4 is 11.9 Å². The molecule has 0 spiro atoms. The van der Waals surface area contributed by atoms with Crippen LogP contribution in [0.2, 0.25) is 0 Å². The van der Waals surface area contributed by atoms with E-state index in [0.29, 0.717) is 11.5 Å². The number of likely N-dealkylation sites (N-methyl/N-ethyl adjacent to an activating group) is 1. The first kappa shape index (κ1) is 20.8. The minimum atomic E-state index is -2.17. The van der Waals surface area contributed by atoms with Crippen LogP contribution in [0.4, 0.5) is 0 Å². The second-order valence-corrected chi connectivity index (χ2v) is 7.06. The number of rotatable bonds is 6. The number of hydrogen-bond donors (Lipinski definition) is 1. The lowest BCUT2D eigenvalue weighted by Crippen LogP contribution is -2.58. The second kappa shape index (κ2) is 7.74. The number of carbonyl (C=O) groups excluding carboxylic acids is 2. The van der Waals surface area contributed by atoms with Crippen LogP contribution in [0.1, 0.15) is 27.7 Å². The maximum atomic E-state index is 12.5. The zero-order chi connectivity index (χ0) is 19.4. The molecule has 1 aromatic carbocycles. The van der Waals surface area contributed by atoms with Crippen molar-refractivity contribution in [3.63, 3.8) is 0 Å². The van der Waals surface area contributed by atoms with Crippen molar-refractivity contribution in [2.75, 3.05) is 21.2 Å². The van der Waals surface area contributed by atoms with Gasteiger partial charge in [-0.3, -0.25) is 4.79 Å². The monoisotopic (exact) mass is 353 g/mol. The van der Waals surface area contributed by atoms with Crippen LogP contribution in [-0.2, 0) is 14.3 Å². The van der Waals surface area contributed by atoms with Crippen LogP contribution >= 0.6 is 0 Å². The Morgan fingerprint density at radius 2 is 1.52 bits per heavy atom. The van der Waals surface area contributed by atoms with Crippen molar-refractivity contribution in [3.05, 3.63) is 24.3 Å². The van der Waals surface area contributed by atoms with Crippen molar-refractivity contribution < 1.29 is 28.9 Å². The average molecular weight is 353 g/mol. The Hall–Kier alpha value is -2.28. The fraction of sp³-hybridized carbons (Fsp3) is 0.556. The summed E-state index contributed by atoms with van der Waals surface area (Å²) in [6, 6.07) is 6.46. The molecular formula is C18H27NO6. The van der Waals surface area contributed by atoms with Gasteiger partial charge in [-0.1, -0.05) is 0 Å². The van der Waals surface area contributed by atoms with Gasteiger partial charge in [0.2, 0.25) is 11.7 Å². The first-order valence-corrected chi connectivity index (χ1v) is 7.86. The predicted molar refractivity (Wildman–Crippen MR) is 92.6 cm³/mol. The molecule has 0 saturated heterocycles. The van der Waals surface area contributed by atoms with Gasteiger partial charge in [-0.05, 0) is 52.0 Å². The molecule has 0 fully saturated rings. The summed E-state index contributed by atoms with van der Waals surface area (Å²) in [5, 5.41) is 10.7. The molecule has 1 aromatic rings. The Morgan fingerprint density at radius 1 is 1.04 bits per heavy atom. The molecule has 0 unspecified atom stereocenters. The summed E-state index contributed by atoms with van der Waals surface area (Å²) in [5.74, 6) is -0.577. The van der Waals surface area contributed by atoms with E-state index in [9.17, 15) is 14.7 Å². The van der Waals surface area contributed by atoms with Gasteiger partial charge in [-0.25, -0.2) is 4.79 Å². The molecule has 7 heteroatoms. The normalized spacial score (nSPS) is 14.9. The van der Waals surface area contributed by atoms with Crippen LogP contribution < -0.4 is 9.47 Å². The first-order chi connectivity index (χ1) is 11.4. The number of esters is 1. The lowest BCUT2D eigenvalue weighted by Gasteiger charge is -2.34. The molecule has 0 bridgehead atoms. The molecule has 0 radical (unpaired) electrons. The maximum Gasteiger partial charge on any atom is 0.342 e. The van der Waals surface area contributed by atoms with E-state index in [1.165, 1.54) is 33.0 Å². The summed E-state index contributed by atoms with van der Waals surface area (Å²) in [5.41, 5.74) is -2.98. The molecular weight excluding hydrogens is 326 g/mol. The van der Waals surface area contributed by atoms with Crippen LogP contribution in [0.25, 0.3) is 0 Å². The fourth-order valence-electron chi connectivity index (χ4n) is 1.92. The van der Waals surface area contributed by atoms with Crippen LogP contribution in [0, 0.1) is 0 Å². The predicted octanol–water partition coefficient (Wildman–Crippen LogP) is 1.62. The highest BCUT2D eigenvalue weighted by molar-refractivity contribution is 5.91. The third kappa shape index (κ3) is 5.63. The third-order valence-electron chi connectivity index (χ3n) is 3.30. The quantitative estimate of drug-likeness (QED) is 0.783. The van der Waals surface area contributed by atoms with Gasteiger partial charge in [0.25, 0.3) is 5.91 Å². The maximum absolute atomic E-state index is 12.5. The van der Waals surface area contributed by atoms with E-state index in [1.807, 2.05) is 0 Å². The van der Waals surface area contributed by atoms with Crippen molar-refractivity contribution in [1.82, 2.24) is 4.90 Å². The molecule has 7 nitrogen and oxygen atoms in total. The van der Waals surface area contributed by atoms with Gasteiger partial charge in [0.1, 0.15) is 17.1 Å². The van der Waals surface area contributed by atoms with E-state index < -0.39 is 29.2 Å². The zero-order valence-electron chi connectivity index (χ0n) is 15.8. The van der Waals surface area contributed by atoms with E-state index in [1.54, 1.807) is 45.0 Å². The zero-order valence-corrected chi connectivity index (χ0v) is 15.8. The fourth-order valence-corrected chi connectivity index (χ4v) is 1.92. The molecule has 2 atom stereocenters. The highest BCUT2D eigenvalue weighted by Crippen LogP contribution is 2.25. The minimum absolute atomic E-state index is 0.310. The summed E-state index contributed by atoms with van der Waals surface area (Å²) in [6.45, 7) is 6.23. The number of carbonyl (C=O) groups is 2. The number of ether oxygens (including phenoxy) is 3. The van der Waals surface area contributed by atoms with Gasteiger partial charge >= 0.3 is 5.97 Å². The summed E-state index contributed by atoms with van der Waals surface area (Å²) in [4.78, 5) is 26.1. The van der Waals surface area contributed by atoms with Crippen molar-refractivity contribution in [1.29, 1.82) is 0 Å². The van der Waals surface area contributed by atoms with E-state index in [-0.39, 0.29) is 0 Å². The molecule has 0 aromatic heterocycles. The molecule has 0 aliphatic carbocycles. The molecule has 140 valence electrons. The highest BCUT2D eigenvalue weighted by atomic mass is 16.6. The first-order valence-electron chi connectivity index (χ1n) is 7.86. The molecule has 25 heavy (non-hydrogen) atoms. The number of amides is 1. The number of benzene rings is 1. The van der Waals surface area contributed by atoms with Gasteiger partial charge in [0.05, 0.1) is 7.11 Å². The lowest BCUT2D eigenvalue weighted by atomic mass is 9.97. The molecule has 0 aliphatic heterocycles. The van der Waals surface area contributed by atoms with E-state index in [4.69, 9.17) is 14.2 Å². The number of methoxy groups -OCH3 is 1. The molecule has 1 amide bonds. The van der Waals surface area contributed by atoms with Gasteiger partial charge in [0, 0.05) is 14.1 Å². The summed E-state index contributed by atoms with van der Waals surface area (Å²) >= 11 is 0. The molecule has 0 aliphatic rings. The Labute approximate surface area is 148 Å². The van der Waals surface area contributed by atoms with Crippen molar-refractivity contribution in [2.45, 2.75) is 45.0 Å². The summed E-state index contributed by atoms with van der Waals surface area (Å²) in [7, 11) is 4.55. The Morgan fingerprint density at radius 3 is 1.92 bits per heavy atom. The standard InChI is InChI=1S/C18H27NO6/c1-17(2,3)25-16(21)18(4,22)14(15(20)19(5)6)24-13-10-8-12(23-7)9-11-13/h8-11,14,22H,1-7H3/t14-,18-/m1/s1. The summed E-state index contributed by atoms with van der Waals surface area (Å²) < 4.78 is 15.9. The highest BCUT2D eigenvalue weighted by Gasteiger charge is 2.49. The van der Waals surface area contributed by atoms with E-state index in [0.717, 1.165) is 0 Å². The largest absolute Gasteiger partial charge is 0.497 e. The number of hydrogen-bond acceptors (Lipinski definition) is 6. The number of aliphatic hydroxyl groups is 1. The van der Waals surface area contributed by atoms with Crippen molar-refractivity contribution in [2.24, 2.45) is 0 Å². The van der Waals surface area contributed by atoms with Gasteiger partial charge in [-0.15, -0.1) is 0 Å². The number of nitrogens with zero attached hydrogens (tertiary/aromatic N) is 1. The molecule has 1 rings (SSSR count). The smallest absolute Gasteiger partial charge is 0.342 e. The Balaban J connectivity index is 3.14. The Kier molecular flexibility index (Phi) is 6.42. The molecule has 0 saturated carbocycles. The van der Waals surface area contributed by atoms with Crippen LogP contribution in [-0.4, -0.2) is 60.4 Å². The molecule has 0 heterocycles. The third-order valence-corrected chi connectivity index (χ3v) is 3.30. The Bertz CT molecular complexity index is 601. The van der Waals surface area contributed by atoms with E-state index >= 15 is 0 Å². The topological polar surface area (TPSA) is 85.3 Å². The minimum Gasteiger partial charge on any atom is -0.497 e. The molecule has 1 N–H and O–H groups in total. The summed E-state index contributed by atoms with van der Waals surface area (Å²) in [6.07, 6.45) is -1.47. The van der Waals surface area contributed by atoms with Gasteiger partial charge in [0.15, 0.2) is 0 Å². The van der Waals surface area contributed by atoms with E-state index in [2.05, 4.69) is 0 Å². The van der Waals surface area contributed by atoms with Crippen LogP contribution in [0.3, 0.4) is 0 Å². The van der Waals surface area contributed by atoms with Crippen LogP contribution in [0.5, 0.6) is 11.5 Å². The van der Waals surface area contributed by atoms with Crippen molar-refractivity contribution in [3.8, 4) is 11.5 Å². The second-order valence-electron chi connectivity index (χ2n) is 7.06. The SMILES string of the molecule is COc1ccc(O[C@H](C(=O)N(C)C)[C@@](C)(O)C(=O)OC(C)(C)C)cc1. The average Bonchev–Trinajstić information content (AvgIpc) is 2.50.